The zero-order chi connectivity index (χ0) is 37.7. The molecule has 0 spiro atoms. The Kier molecular flexibility index (Phi) is 7.74. The van der Waals surface area contributed by atoms with Crippen LogP contribution in [0.15, 0.2) is 199 Å². The number of hydrogen-bond donors (Lipinski definition) is 0. The van der Waals surface area contributed by atoms with Gasteiger partial charge in [-0.25, -0.2) is 19.9 Å². The van der Waals surface area contributed by atoms with Crippen molar-refractivity contribution in [1.82, 2.24) is 19.9 Å². The van der Waals surface area contributed by atoms with Crippen LogP contribution < -0.4 is 0 Å². The first-order valence-electron chi connectivity index (χ1n) is 19.1. The van der Waals surface area contributed by atoms with Gasteiger partial charge in [0, 0.05) is 54.7 Å². The molecule has 0 radical (unpaired) electrons. The second kappa shape index (κ2) is 13.5. The number of para-hydroxylation sites is 2. The van der Waals surface area contributed by atoms with Crippen LogP contribution in [0, 0.1) is 0 Å². The minimum atomic E-state index is 0.604. The smallest absolute Gasteiger partial charge is 0.164 e. The van der Waals surface area contributed by atoms with Gasteiger partial charge in [-0.15, -0.1) is 0 Å². The molecule has 0 aliphatic heterocycles. The van der Waals surface area contributed by atoms with E-state index in [-0.39, 0.29) is 0 Å². The fourth-order valence-corrected chi connectivity index (χ4v) is 7.95. The molecule has 0 bridgehead atoms. The first kappa shape index (κ1) is 32.7. The van der Waals surface area contributed by atoms with Gasteiger partial charge in [-0.05, 0) is 34.9 Å². The van der Waals surface area contributed by atoms with Gasteiger partial charge in [-0.3, -0.25) is 0 Å². The van der Waals surface area contributed by atoms with E-state index in [9.17, 15) is 0 Å². The van der Waals surface area contributed by atoms with Gasteiger partial charge < -0.3 is 4.42 Å². The fourth-order valence-electron chi connectivity index (χ4n) is 7.95. The van der Waals surface area contributed by atoms with Crippen molar-refractivity contribution in [2.75, 3.05) is 0 Å². The maximum Gasteiger partial charge on any atom is 0.164 e. The van der Waals surface area contributed by atoms with E-state index in [2.05, 4.69) is 140 Å². The lowest BCUT2D eigenvalue weighted by Crippen LogP contribution is -2.00. The van der Waals surface area contributed by atoms with Crippen molar-refractivity contribution in [1.29, 1.82) is 0 Å². The average molecular weight is 729 g/mol. The highest BCUT2D eigenvalue weighted by Gasteiger charge is 2.21. The van der Waals surface area contributed by atoms with E-state index in [4.69, 9.17) is 24.4 Å². The lowest BCUT2D eigenvalue weighted by atomic mass is 9.91. The predicted octanol–water partition coefficient (Wildman–Crippen LogP) is 13.5. The number of furan rings is 1. The minimum Gasteiger partial charge on any atom is -0.455 e. The van der Waals surface area contributed by atoms with Gasteiger partial charge in [0.2, 0.25) is 0 Å². The van der Waals surface area contributed by atoms with Gasteiger partial charge >= 0.3 is 0 Å². The third kappa shape index (κ3) is 5.72. The molecule has 0 amide bonds. The third-order valence-electron chi connectivity index (χ3n) is 10.7. The van der Waals surface area contributed by atoms with Crippen LogP contribution in [0.2, 0.25) is 0 Å². The third-order valence-corrected chi connectivity index (χ3v) is 10.7. The SMILES string of the molecule is c1ccc(-c2ccc(-c3nc(-c4ccccc4)nc(-c4ccc(-c5cc6c(-c7ccccc7)nc7ccccc7c6c6c5oc5ccccc56)cc4)n3)cc2)cc1. The van der Waals surface area contributed by atoms with E-state index >= 15 is 0 Å². The Morgan fingerprint density at radius 1 is 0.316 bits per heavy atom. The summed E-state index contributed by atoms with van der Waals surface area (Å²) in [6, 6.07) is 66.7. The number of pyridine rings is 1. The second-order valence-electron chi connectivity index (χ2n) is 14.2. The summed E-state index contributed by atoms with van der Waals surface area (Å²) in [5.74, 6) is 1.85. The zero-order valence-corrected chi connectivity index (χ0v) is 30.7. The molecule has 5 nitrogen and oxygen atoms in total. The summed E-state index contributed by atoms with van der Waals surface area (Å²) in [4.78, 5) is 20.3. The Hall–Kier alpha value is -7.76. The fraction of sp³-hybridized carbons (Fsp3) is 0. The van der Waals surface area contributed by atoms with Crippen LogP contribution in [-0.2, 0) is 0 Å². The maximum absolute atomic E-state index is 6.77. The number of hydrogen-bond acceptors (Lipinski definition) is 5. The minimum absolute atomic E-state index is 0.604. The molecule has 266 valence electrons. The Labute approximate surface area is 328 Å². The molecule has 5 heteroatoms. The van der Waals surface area contributed by atoms with Crippen molar-refractivity contribution in [3.05, 3.63) is 194 Å². The molecule has 0 aliphatic rings. The van der Waals surface area contributed by atoms with E-state index < -0.39 is 0 Å². The quantitative estimate of drug-likeness (QED) is 0.160. The molecule has 11 rings (SSSR count). The lowest BCUT2D eigenvalue weighted by Gasteiger charge is -2.14. The molecule has 0 unspecified atom stereocenters. The van der Waals surface area contributed by atoms with E-state index in [1.807, 2.05) is 54.6 Å². The molecule has 11 aromatic rings. The highest BCUT2D eigenvalue weighted by atomic mass is 16.3. The van der Waals surface area contributed by atoms with Crippen molar-refractivity contribution in [3.8, 4) is 67.7 Å². The van der Waals surface area contributed by atoms with Gasteiger partial charge in [0.25, 0.3) is 0 Å². The highest BCUT2D eigenvalue weighted by molar-refractivity contribution is 6.30. The summed E-state index contributed by atoms with van der Waals surface area (Å²) in [7, 11) is 0. The van der Waals surface area contributed by atoms with Crippen molar-refractivity contribution in [3.63, 3.8) is 0 Å². The van der Waals surface area contributed by atoms with Crippen LogP contribution in [0.1, 0.15) is 0 Å². The van der Waals surface area contributed by atoms with E-state index in [0.29, 0.717) is 17.5 Å². The van der Waals surface area contributed by atoms with Gasteiger partial charge in [-0.1, -0.05) is 176 Å². The Morgan fingerprint density at radius 2 is 0.772 bits per heavy atom. The highest BCUT2D eigenvalue weighted by Crippen LogP contribution is 2.45. The van der Waals surface area contributed by atoms with E-state index in [1.165, 1.54) is 0 Å². The van der Waals surface area contributed by atoms with Crippen LogP contribution in [-0.4, -0.2) is 19.9 Å². The summed E-state index contributed by atoms with van der Waals surface area (Å²) >= 11 is 0. The van der Waals surface area contributed by atoms with Gasteiger partial charge in [0.15, 0.2) is 17.5 Å². The normalized spacial score (nSPS) is 11.5. The first-order valence-corrected chi connectivity index (χ1v) is 19.1. The van der Waals surface area contributed by atoms with Gasteiger partial charge in [0.1, 0.15) is 11.2 Å². The predicted molar refractivity (Wildman–Crippen MR) is 233 cm³/mol. The summed E-state index contributed by atoms with van der Waals surface area (Å²) in [5, 5.41) is 5.48. The van der Waals surface area contributed by atoms with Crippen molar-refractivity contribution in [2.45, 2.75) is 0 Å². The number of nitrogens with zero attached hydrogens (tertiary/aromatic N) is 4. The first-order chi connectivity index (χ1) is 28.2. The molecular formula is C52H32N4O. The molecule has 0 fully saturated rings. The topological polar surface area (TPSA) is 64.7 Å². The zero-order valence-electron chi connectivity index (χ0n) is 30.7. The van der Waals surface area contributed by atoms with Crippen LogP contribution >= 0.6 is 0 Å². The summed E-state index contributed by atoms with van der Waals surface area (Å²) in [5.41, 5.74) is 11.7. The summed E-state index contributed by atoms with van der Waals surface area (Å²) < 4.78 is 6.77. The maximum atomic E-state index is 6.77. The molecule has 57 heavy (non-hydrogen) atoms. The molecule has 0 N–H and O–H groups in total. The van der Waals surface area contributed by atoms with Crippen molar-refractivity contribution < 1.29 is 4.42 Å². The number of aromatic nitrogens is 4. The summed E-state index contributed by atoms with van der Waals surface area (Å²) in [6.07, 6.45) is 0. The molecule has 0 saturated carbocycles. The molecule has 0 aliphatic carbocycles. The Balaban J connectivity index is 1.08. The molecule has 3 aromatic heterocycles. The van der Waals surface area contributed by atoms with Crippen LogP contribution in [0.3, 0.4) is 0 Å². The molecule has 0 saturated heterocycles. The van der Waals surface area contributed by atoms with E-state index in [1.54, 1.807) is 0 Å². The molecule has 0 atom stereocenters. The second-order valence-corrected chi connectivity index (χ2v) is 14.2. The van der Waals surface area contributed by atoms with Gasteiger partial charge in [0.05, 0.1) is 11.2 Å². The number of fused-ring (bicyclic) bond motifs is 7. The van der Waals surface area contributed by atoms with Crippen molar-refractivity contribution >= 4 is 43.6 Å². The Morgan fingerprint density at radius 3 is 1.40 bits per heavy atom. The molecular weight excluding hydrogens is 697 g/mol. The molecule has 3 heterocycles. The van der Waals surface area contributed by atoms with Crippen LogP contribution in [0.4, 0.5) is 0 Å². The monoisotopic (exact) mass is 728 g/mol. The van der Waals surface area contributed by atoms with E-state index in [0.717, 1.165) is 93.8 Å². The van der Waals surface area contributed by atoms with Crippen molar-refractivity contribution in [2.24, 2.45) is 0 Å². The standard InChI is InChI=1S/C52H32N4O/c1-4-14-33(15-5-1)34-24-28-38(29-25-34)51-54-50(37-18-8-3-9-19-37)55-52(56-51)39-30-26-35(27-31-39)42-32-43-46(47-41-21-11-13-23-45(41)57-49(42)47)40-20-10-12-22-44(40)53-48(43)36-16-6-2-7-17-36/h1-32H. The lowest BCUT2D eigenvalue weighted by molar-refractivity contribution is 0.670. The largest absolute Gasteiger partial charge is 0.455 e. The Bertz CT molecular complexity index is 3250. The summed E-state index contributed by atoms with van der Waals surface area (Å²) in [6.45, 7) is 0. The average Bonchev–Trinajstić information content (AvgIpc) is 3.69. The number of benzene rings is 8. The van der Waals surface area contributed by atoms with Crippen LogP contribution in [0.5, 0.6) is 0 Å². The number of rotatable bonds is 6. The van der Waals surface area contributed by atoms with Crippen LogP contribution in [0.25, 0.3) is 111 Å². The molecule has 8 aromatic carbocycles. The van der Waals surface area contributed by atoms with Gasteiger partial charge in [-0.2, -0.15) is 0 Å².